The van der Waals surface area contributed by atoms with Crippen LogP contribution in [0.1, 0.15) is 28.4 Å². The fourth-order valence-corrected chi connectivity index (χ4v) is 3.72. The van der Waals surface area contributed by atoms with Gasteiger partial charge in [-0.15, -0.1) is 0 Å². The fourth-order valence-electron chi connectivity index (χ4n) is 3.72. The second-order valence-corrected chi connectivity index (χ2v) is 7.67. The zero-order valence-corrected chi connectivity index (χ0v) is 17.5. The Morgan fingerprint density at radius 3 is 2.38 bits per heavy atom. The van der Waals surface area contributed by atoms with Crippen molar-refractivity contribution in [1.29, 1.82) is 0 Å². The molecule has 2 aromatic carbocycles. The van der Waals surface area contributed by atoms with Crippen molar-refractivity contribution in [2.45, 2.75) is 20.8 Å². The Bertz CT molecular complexity index is 920. The highest BCUT2D eigenvalue weighted by atomic mass is 19.1. The van der Waals surface area contributed by atoms with Crippen LogP contribution >= 0.6 is 0 Å². The highest BCUT2D eigenvalue weighted by molar-refractivity contribution is 5.94. The van der Waals surface area contributed by atoms with Crippen LogP contribution < -0.4 is 9.80 Å². The van der Waals surface area contributed by atoms with Gasteiger partial charge >= 0.3 is 0 Å². The van der Waals surface area contributed by atoms with Gasteiger partial charge in [-0.1, -0.05) is 12.1 Å². The molecule has 0 bridgehead atoms. The molecule has 5 nitrogen and oxygen atoms in total. The van der Waals surface area contributed by atoms with Crippen molar-refractivity contribution in [3.63, 3.8) is 0 Å². The van der Waals surface area contributed by atoms with Gasteiger partial charge in [-0.05, 0) is 56.2 Å². The first-order valence-electron chi connectivity index (χ1n) is 9.88. The number of amides is 1. The topological polar surface area (TPSA) is 43.9 Å². The number of rotatable bonds is 5. The van der Waals surface area contributed by atoms with E-state index in [4.69, 9.17) is 0 Å². The lowest BCUT2D eigenvalue weighted by molar-refractivity contribution is -0.129. The molecule has 1 saturated heterocycles. The third-order valence-corrected chi connectivity index (χ3v) is 5.69. The van der Waals surface area contributed by atoms with Crippen LogP contribution in [0.15, 0.2) is 36.4 Å². The van der Waals surface area contributed by atoms with E-state index in [2.05, 4.69) is 19.9 Å². The minimum absolute atomic E-state index is 0.0699. The summed E-state index contributed by atoms with van der Waals surface area (Å²) in [5.41, 5.74) is 4.29. The summed E-state index contributed by atoms with van der Waals surface area (Å²) in [5, 5.41) is 0. The summed E-state index contributed by atoms with van der Waals surface area (Å²) >= 11 is 0. The number of halogens is 1. The number of nitrogens with zero attached hydrogens (tertiary/aromatic N) is 3. The molecule has 2 aromatic rings. The third kappa shape index (κ3) is 4.58. The van der Waals surface area contributed by atoms with Crippen molar-refractivity contribution < 1.29 is 14.0 Å². The first kappa shape index (κ1) is 20.8. The van der Waals surface area contributed by atoms with Gasteiger partial charge in [0.25, 0.3) is 0 Å². The molecule has 154 valence electrons. The Morgan fingerprint density at radius 1 is 1.07 bits per heavy atom. The van der Waals surface area contributed by atoms with Crippen molar-refractivity contribution in [2.75, 3.05) is 49.6 Å². The lowest BCUT2D eigenvalue weighted by Crippen LogP contribution is -2.51. The van der Waals surface area contributed by atoms with Crippen molar-refractivity contribution in [3.8, 4) is 0 Å². The standard InChI is InChI=1S/C23H28FN3O2/c1-16-6-5-7-21(17(16)2)25(4)15-23(29)27-12-10-26(11-13-27)22-9-8-19(18(3)28)14-20(22)24/h5-9,14H,10-13,15H2,1-4H3. The Hall–Kier alpha value is -2.89. The van der Waals surface area contributed by atoms with Crippen LogP contribution in [0, 0.1) is 19.7 Å². The highest BCUT2D eigenvalue weighted by Crippen LogP contribution is 2.24. The van der Waals surface area contributed by atoms with E-state index in [1.807, 2.05) is 33.9 Å². The van der Waals surface area contributed by atoms with E-state index in [1.54, 1.807) is 12.1 Å². The second kappa shape index (κ2) is 8.64. The molecule has 1 heterocycles. The van der Waals surface area contributed by atoms with Gasteiger partial charge in [0.15, 0.2) is 5.78 Å². The van der Waals surface area contributed by atoms with Crippen molar-refractivity contribution in [1.82, 2.24) is 4.90 Å². The molecule has 29 heavy (non-hydrogen) atoms. The van der Waals surface area contributed by atoms with Crippen LogP contribution in [0.4, 0.5) is 15.8 Å². The van der Waals surface area contributed by atoms with Gasteiger partial charge in [0, 0.05) is 44.5 Å². The minimum atomic E-state index is -0.396. The van der Waals surface area contributed by atoms with Crippen LogP contribution in [0.5, 0.6) is 0 Å². The summed E-state index contributed by atoms with van der Waals surface area (Å²) in [5.74, 6) is -0.480. The molecule has 1 aliphatic rings. The van der Waals surface area contributed by atoms with Gasteiger partial charge in [0.05, 0.1) is 12.2 Å². The number of likely N-dealkylation sites (N-methyl/N-ethyl adjacent to an activating group) is 1. The van der Waals surface area contributed by atoms with Gasteiger partial charge in [-0.25, -0.2) is 4.39 Å². The largest absolute Gasteiger partial charge is 0.366 e. The van der Waals surface area contributed by atoms with Crippen molar-refractivity contribution >= 4 is 23.1 Å². The van der Waals surface area contributed by atoms with Gasteiger partial charge in [0.2, 0.25) is 5.91 Å². The Kier molecular flexibility index (Phi) is 6.20. The van der Waals surface area contributed by atoms with E-state index in [9.17, 15) is 14.0 Å². The molecule has 0 aliphatic carbocycles. The number of ketones is 1. The van der Waals surface area contributed by atoms with E-state index in [-0.39, 0.29) is 11.7 Å². The molecule has 1 aliphatic heterocycles. The number of piperazine rings is 1. The quantitative estimate of drug-likeness (QED) is 0.725. The first-order chi connectivity index (χ1) is 13.8. The van der Waals surface area contributed by atoms with Gasteiger partial charge in [-0.2, -0.15) is 0 Å². The summed E-state index contributed by atoms with van der Waals surface area (Å²) in [6.07, 6.45) is 0. The van der Waals surface area contributed by atoms with Crippen molar-refractivity contribution in [2.24, 2.45) is 0 Å². The normalized spacial score (nSPS) is 14.1. The number of hydrogen-bond acceptors (Lipinski definition) is 4. The maximum atomic E-state index is 14.4. The number of carbonyl (C=O) groups excluding carboxylic acids is 2. The summed E-state index contributed by atoms with van der Waals surface area (Å²) in [4.78, 5) is 29.9. The van der Waals surface area contributed by atoms with E-state index < -0.39 is 5.82 Å². The molecule has 0 radical (unpaired) electrons. The van der Waals surface area contributed by atoms with E-state index in [1.165, 1.54) is 24.1 Å². The lowest BCUT2D eigenvalue weighted by Gasteiger charge is -2.37. The van der Waals surface area contributed by atoms with Gasteiger partial charge < -0.3 is 14.7 Å². The molecule has 6 heteroatoms. The molecule has 3 rings (SSSR count). The monoisotopic (exact) mass is 397 g/mol. The number of anilines is 2. The van der Waals surface area contributed by atoms with Crippen LogP contribution in [0.25, 0.3) is 0 Å². The predicted octanol–water partition coefficient (Wildman–Crippen LogP) is 3.43. The zero-order chi connectivity index (χ0) is 21.1. The SMILES string of the molecule is CC(=O)c1ccc(N2CCN(C(=O)CN(C)c3cccc(C)c3C)CC2)c(F)c1. The number of carbonyl (C=O) groups is 2. The molecule has 0 aromatic heterocycles. The van der Waals surface area contributed by atoms with E-state index >= 15 is 0 Å². The van der Waals surface area contributed by atoms with Gasteiger partial charge in [0.1, 0.15) is 5.82 Å². The molecular weight excluding hydrogens is 369 g/mol. The second-order valence-electron chi connectivity index (χ2n) is 7.67. The zero-order valence-electron chi connectivity index (χ0n) is 17.5. The smallest absolute Gasteiger partial charge is 0.242 e. The fraction of sp³-hybridized carbons (Fsp3) is 0.391. The third-order valence-electron chi connectivity index (χ3n) is 5.69. The summed E-state index contributed by atoms with van der Waals surface area (Å²) in [6, 6.07) is 10.7. The van der Waals surface area contributed by atoms with Crippen molar-refractivity contribution in [3.05, 3.63) is 58.9 Å². The van der Waals surface area contributed by atoms with Crippen LogP contribution in [-0.2, 0) is 4.79 Å². The number of Topliss-reactive ketones (excluding diaryl/α,β-unsaturated/α-hetero) is 1. The summed E-state index contributed by atoms with van der Waals surface area (Å²) in [6.45, 7) is 8.09. The minimum Gasteiger partial charge on any atom is -0.366 e. The number of benzene rings is 2. The first-order valence-corrected chi connectivity index (χ1v) is 9.88. The molecule has 0 N–H and O–H groups in total. The predicted molar refractivity (Wildman–Crippen MR) is 114 cm³/mol. The van der Waals surface area contributed by atoms with Crippen LogP contribution in [-0.4, -0.2) is 56.4 Å². The maximum absolute atomic E-state index is 14.4. The summed E-state index contributed by atoms with van der Waals surface area (Å²) in [7, 11) is 1.93. The molecular formula is C23H28FN3O2. The lowest BCUT2D eigenvalue weighted by atomic mass is 10.1. The molecule has 1 fully saturated rings. The number of hydrogen-bond donors (Lipinski definition) is 0. The Labute approximate surface area is 171 Å². The van der Waals surface area contributed by atoms with Gasteiger partial charge in [-0.3, -0.25) is 9.59 Å². The Balaban J connectivity index is 1.60. The molecule has 0 spiro atoms. The average Bonchev–Trinajstić information content (AvgIpc) is 2.70. The van der Waals surface area contributed by atoms with Crippen LogP contribution in [0.3, 0.4) is 0 Å². The molecule has 1 amide bonds. The van der Waals surface area contributed by atoms with Crippen LogP contribution in [0.2, 0.25) is 0 Å². The van der Waals surface area contributed by atoms with E-state index in [0.29, 0.717) is 44.0 Å². The highest BCUT2D eigenvalue weighted by Gasteiger charge is 2.24. The molecule has 0 atom stereocenters. The molecule has 0 unspecified atom stereocenters. The molecule has 0 saturated carbocycles. The summed E-state index contributed by atoms with van der Waals surface area (Å²) < 4.78 is 14.4. The van der Waals surface area contributed by atoms with E-state index in [0.717, 1.165) is 5.69 Å². The Morgan fingerprint density at radius 2 is 1.76 bits per heavy atom. The maximum Gasteiger partial charge on any atom is 0.242 e. The average molecular weight is 397 g/mol. The number of aryl methyl sites for hydroxylation is 1.